The van der Waals surface area contributed by atoms with Crippen molar-refractivity contribution in [3.8, 4) is 5.75 Å². The van der Waals surface area contributed by atoms with Gasteiger partial charge in [0, 0.05) is 19.3 Å². The maximum atomic E-state index is 13.0. The van der Waals surface area contributed by atoms with E-state index in [9.17, 15) is 13.2 Å². The fourth-order valence-corrected chi connectivity index (χ4v) is 5.41. The molecule has 1 N–H and O–H groups in total. The minimum absolute atomic E-state index is 0.227. The topological polar surface area (TPSA) is 91.3 Å². The number of anilines is 2. The van der Waals surface area contributed by atoms with Crippen LogP contribution in [-0.2, 0) is 14.8 Å². The van der Waals surface area contributed by atoms with Crippen LogP contribution in [0.5, 0.6) is 5.75 Å². The van der Waals surface area contributed by atoms with Crippen LogP contribution >= 0.6 is 0 Å². The number of hydrogen-bond donors (Lipinski definition) is 1. The van der Waals surface area contributed by atoms with E-state index in [0.29, 0.717) is 42.4 Å². The van der Waals surface area contributed by atoms with E-state index in [2.05, 4.69) is 10.4 Å². The lowest BCUT2D eigenvalue weighted by molar-refractivity contribution is -0.114. The minimum atomic E-state index is -3.52. The molecule has 4 rings (SSSR count). The average Bonchev–Trinajstić information content (AvgIpc) is 3.12. The van der Waals surface area contributed by atoms with Crippen LogP contribution in [0.25, 0.3) is 0 Å². The fraction of sp³-hybridized carbons (Fsp3) is 0.333. The van der Waals surface area contributed by atoms with E-state index >= 15 is 0 Å². The van der Waals surface area contributed by atoms with Crippen LogP contribution in [0.1, 0.15) is 33.1 Å². The fourth-order valence-electron chi connectivity index (χ4n) is 3.89. The molecule has 174 valence electrons. The Hall–Kier alpha value is -3.17. The van der Waals surface area contributed by atoms with Crippen molar-refractivity contribution in [1.29, 1.82) is 0 Å². The zero-order valence-electron chi connectivity index (χ0n) is 18.8. The molecule has 0 spiro atoms. The molecule has 8 nitrogen and oxygen atoms in total. The summed E-state index contributed by atoms with van der Waals surface area (Å²) in [5.74, 6) is 0.403. The largest absolute Gasteiger partial charge is 0.492 e. The van der Waals surface area contributed by atoms with Gasteiger partial charge in [0.1, 0.15) is 5.75 Å². The first-order valence-electron chi connectivity index (χ1n) is 11.1. The molecule has 1 saturated heterocycles. The van der Waals surface area contributed by atoms with Gasteiger partial charge < -0.3 is 10.1 Å². The van der Waals surface area contributed by atoms with Crippen LogP contribution in [0.3, 0.4) is 0 Å². The normalized spacial score (nSPS) is 18.5. The van der Waals surface area contributed by atoms with Gasteiger partial charge >= 0.3 is 0 Å². The summed E-state index contributed by atoms with van der Waals surface area (Å²) in [5, 5.41) is 8.80. The molecule has 1 fully saturated rings. The van der Waals surface area contributed by atoms with Crippen molar-refractivity contribution in [2.75, 3.05) is 30.0 Å². The van der Waals surface area contributed by atoms with Gasteiger partial charge in [-0.3, -0.25) is 4.79 Å². The molecular weight excluding hydrogens is 440 g/mol. The van der Waals surface area contributed by atoms with Crippen molar-refractivity contribution < 1.29 is 17.9 Å². The van der Waals surface area contributed by atoms with Gasteiger partial charge in [-0.05, 0) is 63.1 Å². The summed E-state index contributed by atoms with van der Waals surface area (Å²) in [5.41, 5.74) is 2.24. The first-order chi connectivity index (χ1) is 15.9. The molecule has 0 bridgehead atoms. The summed E-state index contributed by atoms with van der Waals surface area (Å²) in [4.78, 5) is 13.3. The number of nitrogens with zero attached hydrogens (tertiary/aromatic N) is 3. The molecule has 2 aliphatic heterocycles. The van der Waals surface area contributed by atoms with Gasteiger partial charge in [0.2, 0.25) is 10.0 Å². The molecule has 0 aliphatic carbocycles. The van der Waals surface area contributed by atoms with Crippen LogP contribution in [0.2, 0.25) is 0 Å². The summed E-state index contributed by atoms with van der Waals surface area (Å²) in [7, 11) is -3.52. The van der Waals surface area contributed by atoms with E-state index in [-0.39, 0.29) is 10.8 Å². The Balaban J connectivity index is 1.51. The maximum absolute atomic E-state index is 13.0. The van der Waals surface area contributed by atoms with Crippen LogP contribution < -0.4 is 15.1 Å². The number of para-hydroxylation sites is 2. The molecule has 33 heavy (non-hydrogen) atoms. The highest BCUT2D eigenvalue weighted by atomic mass is 32.2. The molecular formula is C24H28N4O4S. The predicted octanol–water partition coefficient (Wildman–Crippen LogP) is 3.98. The third-order valence-electron chi connectivity index (χ3n) is 5.66. The molecule has 1 amide bonds. The first-order valence-corrected chi connectivity index (χ1v) is 12.5. The van der Waals surface area contributed by atoms with Crippen molar-refractivity contribution in [2.24, 2.45) is 5.10 Å². The third kappa shape index (κ3) is 4.79. The lowest BCUT2D eigenvalue weighted by Gasteiger charge is -2.26. The lowest BCUT2D eigenvalue weighted by atomic mass is 10.2. The Labute approximate surface area is 194 Å². The Morgan fingerprint density at radius 1 is 1.06 bits per heavy atom. The number of ether oxygens (including phenoxy) is 1. The summed E-state index contributed by atoms with van der Waals surface area (Å²) >= 11 is 0. The predicted molar refractivity (Wildman–Crippen MR) is 129 cm³/mol. The molecule has 2 aromatic carbocycles. The average molecular weight is 469 g/mol. The first kappa shape index (κ1) is 23.0. The van der Waals surface area contributed by atoms with Crippen LogP contribution in [0.4, 0.5) is 11.4 Å². The number of piperidine rings is 1. The van der Waals surface area contributed by atoms with Crippen molar-refractivity contribution in [3.63, 3.8) is 0 Å². The molecule has 2 heterocycles. The van der Waals surface area contributed by atoms with E-state index in [0.717, 1.165) is 24.9 Å². The number of rotatable bonds is 7. The monoisotopic (exact) mass is 468 g/mol. The second kappa shape index (κ2) is 9.76. The number of amides is 1. The molecule has 0 atom stereocenters. The van der Waals surface area contributed by atoms with Crippen molar-refractivity contribution in [2.45, 2.75) is 38.0 Å². The van der Waals surface area contributed by atoms with Gasteiger partial charge in [-0.1, -0.05) is 18.6 Å². The molecule has 0 aromatic heterocycles. The SMILES string of the molecule is CCOc1ccccc1N/C=C1/C(=O)N(c2ccc(S(=O)(=O)N3CCCCC3)cc2)N=C1C. The van der Waals surface area contributed by atoms with Crippen LogP contribution in [-0.4, -0.2) is 44.0 Å². The maximum Gasteiger partial charge on any atom is 0.282 e. The van der Waals surface area contributed by atoms with Crippen molar-refractivity contribution >= 4 is 33.0 Å². The van der Waals surface area contributed by atoms with Gasteiger partial charge in [-0.25, -0.2) is 8.42 Å². The van der Waals surface area contributed by atoms with E-state index < -0.39 is 10.0 Å². The number of carbonyl (C=O) groups is 1. The summed E-state index contributed by atoms with van der Waals surface area (Å²) < 4.78 is 32.9. The summed E-state index contributed by atoms with van der Waals surface area (Å²) in [6.45, 7) is 5.30. The summed E-state index contributed by atoms with van der Waals surface area (Å²) in [6.07, 6.45) is 4.44. The Bertz CT molecular complexity index is 1180. The van der Waals surface area contributed by atoms with Gasteiger partial charge in [0.05, 0.1) is 34.2 Å². The molecule has 0 unspecified atom stereocenters. The highest BCUT2D eigenvalue weighted by Crippen LogP contribution is 2.28. The summed E-state index contributed by atoms with van der Waals surface area (Å²) in [6, 6.07) is 13.8. The lowest BCUT2D eigenvalue weighted by Crippen LogP contribution is -2.35. The number of hydrogen-bond acceptors (Lipinski definition) is 6. The molecule has 2 aliphatic rings. The molecule has 2 aromatic rings. The van der Waals surface area contributed by atoms with Crippen LogP contribution in [0.15, 0.2) is 70.3 Å². The Morgan fingerprint density at radius 3 is 2.45 bits per heavy atom. The zero-order valence-corrected chi connectivity index (χ0v) is 19.6. The van der Waals surface area contributed by atoms with Crippen molar-refractivity contribution in [3.05, 3.63) is 60.3 Å². The molecule has 0 radical (unpaired) electrons. The quantitative estimate of drug-likeness (QED) is 0.621. The second-order valence-electron chi connectivity index (χ2n) is 7.89. The van der Waals surface area contributed by atoms with E-state index in [4.69, 9.17) is 4.74 Å². The Morgan fingerprint density at radius 2 is 1.76 bits per heavy atom. The number of hydrazone groups is 1. The van der Waals surface area contributed by atoms with Gasteiger partial charge in [0.25, 0.3) is 5.91 Å². The molecule has 9 heteroatoms. The van der Waals surface area contributed by atoms with Gasteiger partial charge in [-0.15, -0.1) is 0 Å². The van der Waals surface area contributed by atoms with E-state index in [1.807, 2.05) is 31.2 Å². The highest BCUT2D eigenvalue weighted by Gasteiger charge is 2.30. The van der Waals surface area contributed by atoms with Crippen molar-refractivity contribution in [1.82, 2.24) is 4.31 Å². The van der Waals surface area contributed by atoms with Gasteiger partial charge in [0.15, 0.2) is 0 Å². The van der Waals surface area contributed by atoms with E-state index in [1.165, 1.54) is 21.4 Å². The smallest absolute Gasteiger partial charge is 0.282 e. The van der Waals surface area contributed by atoms with Crippen LogP contribution in [0, 0.1) is 0 Å². The zero-order chi connectivity index (χ0) is 23.4. The standard InChI is InChI=1S/C24H28N4O4S/c1-3-32-23-10-6-5-9-22(23)25-17-21-18(2)26-28(24(21)29)19-11-13-20(14-12-19)33(30,31)27-15-7-4-8-16-27/h5-6,9-14,17,25H,3-4,7-8,15-16H2,1-2H3/b21-17+. The second-order valence-corrected chi connectivity index (χ2v) is 9.83. The number of sulfonamides is 1. The third-order valence-corrected chi connectivity index (χ3v) is 7.57. The highest BCUT2D eigenvalue weighted by molar-refractivity contribution is 7.89. The number of nitrogens with one attached hydrogen (secondary N) is 1. The number of benzene rings is 2. The minimum Gasteiger partial charge on any atom is -0.492 e. The number of carbonyl (C=O) groups excluding carboxylic acids is 1. The van der Waals surface area contributed by atoms with Gasteiger partial charge in [-0.2, -0.15) is 14.4 Å². The van der Waals surface area contributed by atoms with E-state index in [1.54, 1.807) is 25.3 Å². The molecule has 0 saturated carbocycles. The Kier molecular flexibility index (Phi) is 6.80.